The molecule has 2 rings (SSSR count). The van der Waals surface area contributed by atoms with E-state index in [1.54, 1.807) is 0 Å². The van der Waals surface area contributed by atoms with Crippen molar-refractivity contribution in [1.29, 1.82) is 0 Å². The van der Waals surface area contributed by atoms with Gasteiger partial charge in [-0.3, -0.25) is 9.69 Å². The van der Waals surface area contributed by atoms with Crippen LogP contribution in [0.2, 0.25) is 0 Å². The van der Waals surface area contributed by atoms with Crippen LogP contribution in [0.1, 0.15) is 57.9 Å². The molecule has 1 aromatic rings. The maximum Gasteiger partial charge on any atom is 0.241 e. The van der Waals surface area contributed by atoms with Crippen LogP contribution in [0, 0.1) is 0 Å². The maximum atomic E-state index is 13.0. The Morgan fingerprint density at radius 2 is 2.12 bits per heavy atom. The third kappa shape index (κ3) is 5.71. The second kappa shape index (κ2) is 10.4. The number of carbonyl (C=O) groups excluding carboxylic acids is 1. The molecule has 0 spiro atoms. The Morgan fingerprint density at radius 1 is 1.32 bits per heavy atom. The zero-order chi connectivity index (χ0) is 18.1. The summed E-state index contributed by atoms with van der Waals surface area (Å²) < 4.78 is 0. The fourth-order valence-corrected chi connectivity index (χ4v) is 3.55. The highest BCUT2D eigenvalue weighted by atomic mass is 16.2. The van der Waals surface area contributed by atoms with Crippen molar-refractivity contribution < 1.29 is 4.79 Å². The minimum absolute atomic E-state index is 0.217. The molecule has 1 unspecified atom stereocenters. The minimum Gasteiger partial charge on any atom is -0.311 e. The van der Waals surface area contributed by atoms with Crippen LogP contribution in [0.4, 0.5) is 5.69 Å². The van der Waals surface area contributed by atoms with E-state index in [-0.39, 0.29) is 5.91 Å². The lowest BCUT2D eigenvalue weighted by Gasteiger charge is -2.28. The lowest BCUT2D eigenvalue weighted by Crippen LogP contribution is -2.42. The number of benzene rings is 1. The maximum absolute atomic E-state index is 13.0. The number of amides is 1. The summed E-state index contributed by atoms with van der Waals surface area (Å²) in [6.45, 7) is 10.6. The second-order valence-electron chi connectivity index (χ2n) is 7.09. The van der Waals surface area contributed by atoms with Crippen molar-refractivity contribution in [3.63, 3.8) is 0 Å². The molecule has 0 N–H and O–H groups in total. The van der Waals surface area contributed by atoms with E-state index in [1.807, 2.05) is 11.0 Å². The van der Waals surface area contributed by atoms with Gasteiger partial charge >= 0.3 is 0 Å². The lowest BCUT2D eigenvalue weighted by molar-refractivity contribution is -0.119. The van der Waals surface area contributed by atoms with E-state index in [9.17, 15) is 4.79 Å². The third-order valence-electron chi connectivity index (χ3n) is 5.10. The van der Waals surface area contributed by atoms with E-state index in [2.05, 4.69) is 49.6 Å². The van der Waals surface area contributed by atoms with Gasteiger partial charge in [0.1, 0.15) is 0 Å². The van der Waals surface area contributed by atoms with E-state index in [0.717, 1.165) is 50.9 Å². The van der Waals surface area contributed by atoms with Gasteiger partial charge in [0.05, 0.1) is 6.54 Å². The molecule has 138 valence electrons. The quantitative estimate of drug-likeness (QED) is 0.570. The zero-order valence-corrected chi connectivity index (χ0v) is 16.0. The molecule has 0 saturated carbocycles. The molecule has 1 fully saturated rings. The van der Waals surface area contributed by atoms with Gasteiger partial charge < -0.3 is 4.90 Å². The Kier molecular flexibility index (Phi) is 8.20. The van der Waals surface area contributed by atoms with Crippen LogP contribution in [-0.2, 0) is 11.2 Å². The van der Waals surface area contributed by atoms with Crippen molar-refractivity contribution in [2.45, 2.75) is 64.8 Å². The van der Waals surface area contributed by atoms with Gasteiger partial charge in [-0.25, -0.2) is 0 Å². The molecule has 0 radical (unpaired) electrons. The minimum atomic E-state index is 0.217. The number of likely N-dealkylation sites (tertiary alicyclic amines) is 1. The number of hydrogen-bond acceptors (Lipinski definition) is 2. The zero-order valence-electron chi connectivity index (χ0n) is 16.0. The summed E-state index contributed by atoms with van der Waals surface area (Å²) in [5, 5.41) is 0. The molecule has 1 saturated heterocycles. The summed E-state index contributed by atoms with van der Waals surface area (Å²) in [7, 11) is 0. The number of unbranched alkanes of at least 4 members (excludes halogenated alkanes) is 2. The smallest absolute Gasteiger partial charge is 0.241 e. The number of aryl methyl sites for hydroxylation is 1. The first-order valence-corrected chi connectivity index (χ1v) is 9.95. The average Bonchev–Trinajstić information content (AvgIpc) is 3.07. The summed E-state index contributed by atoms with van der Waals surface area (Å²) in [6.07, 6.45) is 9.88. The number of hydrogen-bond donors (Lipinski definition) is 0. The molecule has 1 atom stereocenters. The van der Waals surface area contributed by atoms with Gasteiger partial charge in [-0.1, -0.05) is 44.9 Å². The van der Waals surface area contributed by atoms with E-state index < -0.39 is 0 Å². The first-order valence-electron chi connectivity index (χ1n) is 9.95. The Hall–Kier alpha value is -1.61. The van der Waals surface area contributed by atoms with Gasteiger partial charge in [-0.2, -0.15) is 0 Å². The van der Waals surface area contributed by atoms with Gasteiger partial charge in [-0.15, -0.1) is 6.58 Å². The van der Waals surface area contributed by atoms with Crippen LogP contribution in [0.25, 0.3) is 0 Å². The highest BCUT2D eigenvalue weighted by Crippen LogP contribution is 2.21. The molecule has 1 aliphatic rings. The van der Waals surface area contributed by atoms with Gasteiger partial charge in [0.25, 0.3) is 0 Å². The van der Waals surface area contributed by atoms with Gasteiger partial charge in [0, 0.05) is 18.3 Å². The van der Waals surface area contributed by atoms with Gasteiger partial charge in [0.2, 0.25) is 5.91 Å². The number of rotatable bonds is 10. The van der Waals surface area contributed by atoms with Crippen molar-refractivity contribution in [1.82, 2.24) is 4.90 Å². The van der Waals surface area contributed by atoms with E-state index in [0.29, 0.717) is 12.6 Å². The topological polar surface area (TPSA) is 23.6 Å². The largest absolute Gasteiger partial charge is 0.311 e. The SMILES string of the molecule is C=CC1CCCN1CC(=O)N(CCCC)c1cccc(CCCC)c1. The third-order valence-corrected chi connectivity index (χ3v) is 5.10. The van der Waals surface area contributed by atoms with Crippen LogP contribution < -0.4 is 4.90 Å². The van der Waals surface area contributed by atoms with E-state index >= 15 is 0 Å². The van der Waals surface area contributed by atoms with Crippen molar-refractivity contribution in [2.24, 2.45) is 0 Å². The van der Waals surface area contributed by atoms with Crippen molar-refractivity contribution in [2.75, 3.05) is 24.5 Å². The van der Waals surface area contributed by atoms with Crippen LogP contribution in [0.3, 0.4) is 0 Å². The Bertz CT molecular complexity index is 555. The predicted octanol–water partition coefficient (Wildman–Crippen LogP) is 4.81. The average molecular weight is 343 g/mol. The van der Waals surface area contributed by atoms with Crippen molar-refractivity contribution in [3.8, 4) is 0 Å². The summed E-state index contributed by atoms with van der Waals surface area (Å²) >= 11 is 0. The molecule has 0 aromatic heterocycles. The van der Waals surface area contributed by atoms with Gasteiger partial charge in [0.15, 0.2) is 0 Å². The standard InChI is InChI=1S/C22H34N2O/c1-4-7-11-19-12-9-13-21(17-19)24(16-8-5-2)22(25)18-23-15-10-14-20(23)6-3/h6,9,12-13,17,20H,3-5,7-8,10-11,14-16,18H2,1-2H3. The number of carbonyl (C=O) groups is 1. The van der Waals surface area contributed by atoms with Crippen LogP contribution in [-0.4, -0.2) is 36.5 Å². The summed E-state index contributed by atoms with van der Waals surface area (Å²) in [4.78, 5) is 17.3. The second-order valence-corrected chi connectivity index (χ2v) is 7.09. The molecular weight excluding hydrogens is 308 g/mol. The predicted molar refractivity (Wildman–Crippen MR) is 107 cm³/mol. The first-order chi connectivity index (χ1) is 12.2. The molecule has 0 aliphatic carbocycles. The van der Waals surface area contributed by atoms with Crippen LogP contribution >= 0.6 is 0 Å². The highest BCUT2D eigenvalue weighted by Gasteiger charge is 2.26. The molecule has 25 heavy (non-hydrogen) atoms. The highest BCUT2D eigenvalue weighted by molar-refractivity contribution is 5.94. The number of nitrogens with zero attached hydrogens (tertiary/aromatic N) is 2. The molecular formula is C22H34N2O. The number of anilines is 1. The van der Waals surface area contributed by atoms with Crippen LogP contribution in [0.5, 0.6) is 0 Å². The summed E-state index contributed by atoms with van der Waals surface area (Å²) in [5.74, 6) is 0.217. The Morgan fingerprint density at radius 3 is 2.84 bits per heavy atom. The van der Waals surface area contributed by atoms with Crippen molar-refractivity contribution in [3.05, 3.63) is 42.5 Å². The Balaban J connectivity index is 2.11. The monoisotopic (exact) mass is 342 g/mol. The van der Waals surface area contributed by atoms with Crippen LogP contribution in [0.15, 0.2) is 36.9 Å². The molecule has 1 heterocycles. The molecule has 1 amide bonds. The lowest BCUT2D eigenvalue weighted by atomic mass is 10.1. The first kappa shape index (κ1) is 19.7. The summed E-state index contributed by atoms with van der Waals surface area (Å²) in [6, 6.07) is 8.91. The normalized spacial score (nSPS) is 17.6. The molecule has 1 aliphatic heterocycles. The summed E-state index contributed by atoms with van der Waals surface area (Å²) in [5.41, 5.74) is 2.39. The Labute approximate surface area is 153 Å². The van der Waals surface area contributed by atoms with Crippen molar-refractivity contribution >= 4 is 11.6 Å². The van der Waals surface area contributed by atoms with Gasteiger partial charge in [-0.05, 0) is 56.3 Å². The molecule has 0 bridgehead atoms. The molecule has 1 aromatic carbocycles. The van der Waals surface area contributed by atoms with E-state index in [4.69, 9.17) is 0 Å². The molecule has 3 heteroatoms. The van der Waals surface area contributed by atoms with E-state index in [1.165, 1.54) is 18.4 Å². The molecule has 3 nitrogen and oxygen atoms in total. The fraction of sp³-hybridized carbons (Fsp3) is 0.591. The fourth-order valence-electron chi connectivity index (χ4n) is 3.55.